The Hall–Kier alpha value is -2.94. The molecule has 0 saturated carbocycles. The summed E-state index contributed by atoms with van der Waals surface area (Å²) in [4.78, 5) is 36.2. The van der Waals surface area contributed by atoms with Gasteiger partial charge >= 0.3 is 5.69 Å². The third-order valence-electron chi connectivity index (χ3n) is 5.47. The van der Waals surface area contributed by atoms with Crippen LogP contribution in [-0.4, -0.2) is 56.7 Å². The lowest BCUT2D eigenvalue weighted by molar-refractivity contribution is 0.257. The van der Waals surface area contributed by atoms with Gasteiger partial charge in [0.05, 0.1) is 6.54 Å². The Balaban J connectivity index is 1.82. The van der Waals surface area contributed by atoms with Gasteiger partial charge in [0.1, 0.15) is 5.82 Å². The fraction of sp³-hybridized carbons (Fsp3) is 0.450. The van der Waals surface area contributed by atoms with Crippen LogP contribution in [0.2, 0.25) is 0 Å². The molecule has 1 aromatic carbocycles. The van der Waals surface area contributed by atoms with Crippen LogP contribution < -0.4 is 16.1 Å². The van der Waals surface area contributed by atoms with Crippen molar-refractivity contribution in [2.45, 2.75) is 19.9 Å². The second-order valence-electron chi connectivity index (χ2n) is 7.41. The van der Waals surface area contributed by atoms with E-state index >= 15 is 0 Å². The first kappa shape index (κ1) is 19.4. The van der Waals surface area contributed by atoms with Crippen molar-refractivity contribution in [2.75, 3.05) is 37.6 Å². The molecule has 4 rings (SSSR count). The number of hydrogen-bond donors (Lipinski definition) is 1. The molecule has 1 aliphatic heterocycles. The zero-order valence-electron chi connectivity index (χ0n) is 16.7. The molecule has 3 heterocycles. The van der Waals surface area contributed by atoms with Crippen molar-refractivity contribution in [1.29, 1.82) is 0 Å². The summed E-state index contributed by atoms with van der Waals surface area (Å²) in [6, 6.07) is 6.49. The van der Waals surface area contributed by atoms with Crippen molar-refractivity contribution >= 4 is 17.1 Å². The van der Waals surface area contributed by atoms with Gasteiger partial charge in [0.15, 0.2) is 11.2 Å². The highest BCUT2D eigenvalue weighted by atomic mass is 19.1. The minimum absolute atomic E-state index is 0.162. The van der Waals surface area contributed by atoms with Crippen LogP contribution in [0.4, 0.5) is 10.3 Å². The highest BCUT2D eigenvalue weighted by molar-refractivity contribution is 5.74. The van der Waals surface area contributed by atoms with E-state index in [4.69, 9.17) is 0 Å². The minimum Gasteiger partial charge on any atom is -0.340 e. The lowest BCUT2D eigenvalue weighted by Gasteiger charge is -2.35. The summed E-state index contributed by atoms with van der Waals surface area (Å²) < 4.78 is 17.4. The molecule has 9 heteroatoms. The monoisotopic (exact) mass is 400 g/mol. The first-order chi connectivity index (χ1) is 14.0. The molecule has 8 nitrogen and oxygen atoms in total. The van der Waals surface area contributed by atoms with Gasteiger partial charge in [-0.2, -0.15) is 4.98 Å². The second-order valence-corrected chi connectivity index (χ2v) is 7.41. The summed E-state index contributed by atoms with van der Waals surface area (Å²) in [6.45, 7) is 6.67. The van der Waals surface area contributed by atoms with Crippen molar-refractivity contribution in [2.24, 2.45) is 7.05 Å². The molecular weight excluding hydrogens is 375 g/mol. The molecule has 0 spiro atoms. The van der Waals surface area contributed by atoms with Crippen LogP contribution in [0.25, 0.3) is 11.2 Å². The van der Waals surface area contributed by atoms with Crippen LogP contribution in [0, 0.1) is 5.82 Å². The number of benzene rings is 1. The number of halogens is 1. The van der Waals surface area contributed by atoms with E-state index in [0.717, 1.165) is 39.1 Å². The van der Waals surface area contributed by atoms with E-state index in [2.05, 4.69) is 26.7 Å². The maximum Gasteiger partial charge on any atom is 0.329 e. The normalized spacial score (nSPS) is 15.3. The molecule has 3 aromatic rings. The average Bonchev–Trinajstić information content (AvgIpc) is 3.09. The minimum atomic E-state index is -0.516. The predicted molar refractivity (Wildman–Crippen MR) is 110 cm³/mol. The lowest BCUT2D eigenvalue weighted by Crippen LogP contribution is -2.47. The van der Waals surface area contributed by atoms with Gasteiger partial charge in [-0.05, 0) is 19.0 Å². The van der Waals surface area contributed by atoms with Crippen LogP contribution in [-0.2, 0) is 13.6 Å². The quantitative estimate of drug-likeness (QED) is 0.695. The Bertz CT molecular complexity index is 1140. The largest absolute Gasteiger partial charge is 0.340 e. The lowest BCUT2D eigenvalue weighted by atomic mass is 10.2. The van der Waals surface area contributed by atoms with Gasteiger partial charge in [0, 0.05) is 38.8 Å². The fourth-order valence-corrected chi connectivity index (χ4v) is 3.90. The molecule has 1 saturated heterocycles. The first-order valence-electron chi connectivity index (χ1n) is 9.90. The van der Waals surface area contributed by atoms with E-state index in [0.29, 0.717) is 17.2 Å². The molecule has 0 unspecified atom stereocenters. The molecule has 0 atom stereocenters. The van der Waals surface area contributed by atoms with Crippen LogP contribution in [0.5, 0.6) is 0 Å². The summed E-state index contributed by atoms with van der Waals surface area (Å²) in [7, 11) is 1.57. The second kappa shape index (κ2) is 7.82. The van der Waals surface area contributed by atoms with E-state index in [-0.39, 0.29) is 17.9 Å². The number of aromatic amines is 1. The molecular formula is C20H25FN6O2. The van der Waals surface area contributed by atoms with Gasteiger partial charge in [-0.15, -0.1) is 0 Å². The van der Waals surface area contributed by atoms with Gasteiger partial charge in [0.25, 0.3) is 5.56 Å². The fourth-order valence-electron chi connectivity index (χ4n) is 3.90. The molecule has 0 bridgehead atoms. The van der Waals surface area contributed by atoms with Crippen molar-refractivity contribution < 1.29 is 4.39 Å². The van der Waals surface area contributed by atoms with Crippen LogP contribution >= 0.6 is 0 Å². The topological polar surface area (TPSA) is 79.2 Å². The Labute approximate surface area is 167 Å². The van der Waals surface area contributed by atoms with E-state index < -0.39 is 11.2 Å². The highest BCUT2D eigenvalue weighted by Crippen LogP contribution is 2.23. The number of hydrogen-bond acceptors (Lipinski definition) is 5. The SMILES string of the molecule is CCCN1CCN(c2nc3c(c(=O)[nH]c(=O)n3C)n2Cc2ccccc2F)CC1. The zero-order chi connectivity index (χ0) is 20.5. The summed E-state index contributed by atoms with van der Waals surface area (Å²) in [5.74, 6) is 0.250. The van der Waals surface area contributed by atoms with Gasteiger partial charge in [-0.3, -0.25) is 23.8 Å². The van der Waals surface area contributed by atoms with Gasteiger partial charge in [-0.25, -0.2) is 9.18 Å². The summed E-state index contributed by atoms with van der Waals surface area (Å²) in [6.07, 6.45) is 1.10. The number of nitrogens with zero attached hydrogens (tertiary/aromatic N) is 5. The Morgan fingerprint density at radius 3 is 2.55 bits per heavy atom. The van der Waals surface area contributed by atoms with Crippen molar-refractivity contribution in [3.05, 3.63) is 56.5 Å². The third-order valence-corrected chi connectivity index (χ3v) is 5.47. The first-order valence-corrected chi connectivity index (χ1v) is 9.90. The molecule has 154 valence electrons. The number of rotatable bonds is 5. The van der Waals surface area contributed by atoms with E-state index in [1.54, 1.807) is 29.8 Å². The molecule has 1 N–H and O–H groups in total. The van der Waals surface area contributed by atoms with Crippen molar-refractivity contribution in [3.63, 3.8) is 0 Å². The van der Waals surface area contributed by atoms with E-state index in [1.807, 2.05) is 0 Å². The number of aryl methyl sites for hydroxylation is 1. The number of fused-ring (bicyclic) bond motifs is 1. The highest BCUT2D eigenvalue weighted by Gasteiger charge is 2.25. The molecule has 0 amide bonds. The van der Waals surface area contributed by atoms with Crippen molar-refractivity contribution in [3.8, 4) is 0 Å². The Morgan fingerprint density at radius 1 is 1.14 bits per heavy atom. The van der Waals surface area contributed by atoms with Crippen LogP contribution in [0.1, 0.15) is 18.9 Å². The number of H-pyrrole nitrogens is 1. The summed E-state index contributed by atoms with van der Waals surface area (Å²) >= 11 is 0. The van der Waals surface area contributed by atoms with Crippen LogP contribution in [0.15, 0.2) is 33.9 Å². The smallest absolute Gasteiger partial charge is 0.329 e. The van der Waals surface area contributed by atoms with E-state index in [1.165, 1.54) is 10.6 Å². The summed E-state index contributed by atoms with van der Waals surface area (Å²) in [5.41, 5.74) is 0.0218. The van der Waals surface area contributed by atoms with E-state index in [9.17, 15) is 14.0 Å². The molecule has 1 aliphatic rings. The standard InChI is InChI=1S/C20H25FN6O2/c1-3-8-25-9-11-26(12-10-25)19-22-17-16(18(28)23-20(29)24(17)2)27(19)13-14-6-4-5-7-15(14)21/h4-7H,3,8-13H2,1-2H3,(H,23,28,29). The summed E-state index contributed by atoms with van der Waals surface area (Å²) in [5, 5.41) is 0. The van der Waals surface area contributed by atoms with Gasteiger partial charge in [-0.1, -0.05) is 25.1 Å². The molecule has 29 heavy (non-hydrogen) atoms. The number of imidazole rings is 1. The number of anilines is 1. The van der Waals surface area contributed by atoms with Crippen LogP contribution in [0.3, 0.4) is 0 Å². The predicted octanol–water partition coefficient (Wildman–Crippen LogP) is 1.14. The maximum absolute atomic E-state index is 14.3. The molecule has 1 fully saturated rings. The van der Waals surface area contributed by atoms with Gasteiger partial charge < -0.3 is 4.90 Å². The number of aromatic nitrogens is 4. The van der Waals surface area contributed by atoms with Gasteiger partial charge in [0.2, 0.25) is 5.95 Å². The Morgan fingerprint density at radius 2 is 1.86 bits per heavy atom. The third kappa shape index (κ3) is 3.57. The maximum atomic E-state index is 14.3. The Kier molecular flexibility index (Phi) is 5.23. The zero-order valence-corrected chi connectivity index (χ0v) is 16.7. The molecule has 0 aliphatic carbocycles. The molecule has 0 radical (unpaired) electrons. The average molecular weight is 400 g/mol. The van der Waals surface area contributed by atoms with Crippen molar-refractivity contribution in [1.82, 2.24) is 24.0 Å². The molecule has 2 aromatic heterocycles. The number of nitrogens with one attached hydrogen (secondary N) is 1. The number of piperazine rings is 1.